The van der Waals surface area contributed by atoms with Crippen molar-refractivity contribution in [1.29, 1.82) is 0 Å². The van der Waals surface area contributed by atoms with Crippen molar-refractivity contribution < 1.29 is 23.2 Å². The van der Waals surface area contributed by atoms with Gasteiger partial charge in [0.2, 0.25) is 5.82 Å². The SMILES string of the molecule is COc1ccc(-c2noc(-c3ccc(NC(=O)[C@H](C)Oc4ccc(F)cc4)cc3)n2)cc1. The van der Waals surface area contributed by atoms with Gasteiger partial charge in [-0.05, 0) is 79.7 Å². The minimum Gasteiger partial charge on any atom is -0.497 e. The topological polar surface area (TPSA) is 86.5 Å². The number of hydrogen-bond acceptors (Lipinski definition) is 6. The maximum atomic E-state index is 13.0. The molecule has 0 aliphatic carbocycles. The molecule has 0 saturated heterocycles. The summed E-state index contributed by atoms with van der Waals surface area (Å²) in [5.74, 6) is 1.28. The van der Waals surface area contributed by atoms with Gasteiger partial charge in [-0.25, -0.2) is 4.39 Å². The average Bonchev–Trinajstić information content (AvgIpc) is 3.31. The zero-order valence-corrected chi connectivity index (χ0v) is 17.4. The molecule has 0 aliphatic heterocycles. The summed E-state index contributed by atoms with van der Waals surface area (Å²) in [7, 11) is 1.60. The molecule has 1 amide bonds. The molecule has 0 spiro atoms. The number of amides is 1. The molecule has 4 rings (SSSR count). The lowest BCUT2D eigenvalue weighted by atomic mass is 10.2. The molecule has 32 heavy (non-hydrogen) atoms. The van der Waals surface area contributed by atoms with Gasteiger partial charge in [-0.3, -0.25) is 4.79 Å². The third-order valence-electron chi connectivity index (χ3n) is 4.67. The van der Waals surface area contributed by atoms with Crippen LogP contribution in [-0.4, -0.2) is 29.3 Å². The molecule has 0 unspecified atom stereocenters. The van der Waals surface area contributed by atoms with E-state index in [1.807, 2.05) is 24.3 Å². The van der Waals surface area contributed by atoms with Crippen molar-refractivity contribution in [2.75, 3.05) is 12.4 Å². The highest BCUT2D eigenvalue weighted by Crippen LogP contribution is 2.25. The second kappa shape index (κ2) is 9.30. The van der Waals surface area contributed by atoms with Crippen LogP contribution in [0.4, 0.5) is 10.1 Å². The Morgan fingerprint density at radius 1 is 0.938 bits per heavy atom. The van der Waals surface area contributed by atoms with Crippen LogP contribution in [0.1, 0.15) is 6.92 Å². The van der Waals surface area contributed by atoms with E-state index in [2.05, 4.69) is 15.5 Å². The summed E-state index contributed by atoms with van der Waals surface area (Å²) in [6.45, 7) is 1.62. The van der Waals surface area contributed by atoms with Crippen LogP contribution in [0.3, 0.4) is 0 Å². The third kappa shape index (κ3) is 4.92. The molecule has 0 radical (unpaired) electrons. The predicted molar refractivity (Wildman–Crippen MR) is 117 cm³/mol. The Kier molecular flexibility index (Phi) is 6.12. The predicted octanol–water partition coefficient (Wildman–Crippen LogP) is 4.96. The van der Waals surface area contributed by atoms with Gasteiger partial charge < -0.3 is 19.3 Å². The quantitative estimate of drug-likeness (QED) is 0.443. The lowest BCUT2D eigenvalue weighted by Crippen LogP contribution is -2.30. The molecule has 4 aromatic rings. The normalized spacial score (nSPS) is 11.6. The Labute approximate surface area is 183 Å². The van der Waals surface area contributed by atoms with Gasteiger partial charge in [0.05, 0.1) is 7.11 Å². The molecular formula is C24H20FN3O4. The number of nitrogens with one attached hydrogen (secondary N) is 1. The molecule has 1 atom stereocenters. The van der Waals surface area contributed by atoms with Crippen LogP contribution < -0.4 is 14.8 Å². The second-order valence-corrected chi connectivity index (χ2v) is 6.93. The molecule has 3 aromatic carbocycles. The summed E-state index contributed by atoms with van der Waals surface area (Å²) >= 11 is 0. The number of aromatic nitrogens is 2. The van der Waals surface area contributed by atoms with Crippen molar-refractivity contribution in [1.82, 2.24) is 10.1 Å². The summed E-state index contributed by atoms with van der Waals surface area (Å²) in [5.41, 5.74) is 2.11. The number of methoxy groups -OCH3 is 1. The van der Waals surface area contributed by atoms with Gasteiger partial charge in [0.1, 0.15) is 17.3 Å². The Morgan fingerprint density at radius 3 is 2.22 bits per heavy atom. The summed E-state index contributed by atoms with van der Waals surface area (Å²) in [4.78, 5) is 16.8. The number of hydrogen-bond donors (Lipinski definition) is 1. The summed E-state index contributed by atoms with van der Waals surface area (Å²) in [6, 6.07) is 19.8. The van der Waals surface area contributed by atoms with E-state index < -0.39 is 6.10 Å². The molecule has 1 heterocycles. The Bertz CT molecular complexity index is 1190. The van der Waals surface area contributed by atoms with E-state index in [9.17, 15) is 9.18 Å². The molecule has 0 aliphatic rings. The van der Waals surface area contributed by atoms with E-state index in [1.54, 1.807) is 38.3 Å². The monoisotopic (exact) mass is 433 g/mol. The van der Waals surface area contributed by atoms with Crippen LogP contribution in [0.15, 0.2) is 77.3 Å². The van der Waals surface area contributed by atoms with Gasteiger partial charge in [0, 0.05) is 16.8 Å². The first-order valence-corrected chi connectivity index (χ1v) is 9.83. The van der Waals surface area contributed by atoms with Crippen LogP contribution in [0.25, 0.3) is 22.8 Å². The van der Waals surface area contributed by atoms with Gasteiger partial charge >= 0.3 is 0 Å². The van der Waals surface area contributed by atoms with E-state index in [1.165, 1.54) is 24.3 Å². The largest absolute Gasteiger partial charge is 0.497 e. The Hall–Kier alpha value is -4.20. The molecule has 162 valence electrons. The lowest BCUT2D eigenvalue weighted by Gasteiger charge is -2.14. The van der Waals surface area contributed by atoms with Crippen LogP contribution in [0.5, 0.6) is 11.5 Å². The lowest BCUT2D eigenvalue weighted by molar-refractivity contribution is -0.122. The number of rotatable bonds is 7. The highest BCUT2D eigenvalue weighted by molar-refractivity contribution is 5.94. The van der Waals surface area contributed by atoms with E-state index in [-0.39, 0.29) is 11.7 Å². The number of carbonyl (C=O) groups excluding carboxylic acids is 1. The molecular weight excluding hydrogens is 413 g/mol. The number of nitrogens with zero attached hydrogens (tertiary/aromatic N) is 2. The number of ether oxygens (including phenoxy) is 2. The van der Waals surface area contributed by atoms with Gasteiger partial charge in [-0.2, -0.15) is 4.98 Å². The fourth-order valence-electron chi connectivity index (χ4n) is 2.91. The summed E-state index contributed by atoms with van der Waals surface area (Å²) in [6.07, 6.45) is -0.761. The summed E-state index contributed by atoms with van der Waals surface area (Å²) in [5, 5.41) is 6.80. The maximum Gasteiger partial charge on any atom is 0.265 e. The molecule has 8 heteroatoms. The van der Waals surface area contributed by atoms with E-state index in [0.29, 0.717) is 28.7 Å². The number of anilines is 1. The van der Waals surface area contributed by atoms with Crippen molar-refractivity contribution in [2.24, 2.45) is 0 Å². The Balaban J connectivity index is 1.39. The third-order valence-corrected chi connectivity index (χ3v) is 4.67. The van der Waals surface area contributed by atoms with Crippen LogP contribution in [0.2, 0.25) is 0 Å². The van der Waals surface area contributed by atoms with Crippen molar-refractivity contribution in [3.63, 3.8) is 0 Å². The molecule has 7 nitrogen and oxygen atoms in total. The standard InChI is InChI=1S/C24H20FN3O4/c1-15(31-21-13-7-18(25)8-14-21)23(29)26-19-9-3-17(4-10-19)24-27-22(28-32-24)16-5-11-20(30-2)12-6-16/h3-15H,1-2H3,(H,26,29)/t15-/m0/s1. The smallest absolute Gasteiger partial charge is 0.265 e. The van der Waals surface area contributed by atoms with Crippen molar-refractivity contribution in [2.45, 2.75) is 13.0 Å². The minimum absolute atomic E-state index is 0.332. The average molecular weight is 433 g/mol. The van der Waals surface area contributed by atoms with Gasteiger partial charge in [0.25, 0.3) is 11.8 Å². The molecule has 1 aromatic heterocycles. The maximum absolute atomic E-state index is 13.0. The fourth-order valence-corrected chi connectivity index (χ4v) is 2.91. The first-order valence-electron chi connectivity index (χ1n) is 9.83. The van der Waals surface area contributed by atoms with Crippen LogP contribution in [-0.2, 0) is 4.79 Å². The van der Waals surface area contributed by atoms with Crippen LogP contribution >= 0.6 is 0 Å². The van der Waals surface area contributed by atoms with Gasteiger partial charge in [0.15, 0.2) is 6.10 Å². The van der Waals surface area contributed by atoms with Gasteiger partial charge in [-0.15, -0.1) is 0 Å². The first-order chi connectivity index (χ1) is 15.5. The number of carbonyl (C=O) groups is 1. The molecule has 1 N–H and O–H groups in total. The van der Waals surface area contributed by atoms with Crippen LogP contribution in [0, 0.1) is 5.82 Å². The zero-order valence-electron chi connectivity index (χ0n) is 17.4. The minimum atomic E-state index is -0.761. The van der Waals surface area contributed by atoms with Crippen molar-refractivity contribution in [3.05, 3.63) is 78.6 Å². The van der Waals surface area contributed by atoms with E-state index >= 15 is 0 Å². The van der Waals surface area contributed by atoms with E-state index in [0.717, 1.165) is 11.3 Å². The number of halogens is 1. The highest BCUT2D eigenvalue weighted by atomic mass is 19.1. The molecule has 0 bridgehead atoms. The Morgan fingerprint density at radius 2 is 1.56 bits per heavy atom. The second-order valence-electron chi connectivity index (χ2n) is 6.93. The fraction of sp³-hybridized carbons (Fsp3) is 0.125. The molecule has 0 saturated carbocycles. The van der Waals surface area contributed by atoms with Gasteiger partial charge in [-0.1, -0.05) is 5.16 Å². The highest BCUT2D eigenvalue weighted by Gasteiger charge is 2.16. The van der Waals surface area contributed by atoms with Crippen molar-refractivity contribution in [3.8, 4) is 34.3 Å². The van der Waals surface area contributed by atoms with E-state index in [4.69, 9.17) is 14.0 Å². The van der Waals surface area contributed by atoms with Crippen molar-refractivity contribution >= 4 is 11.6 Å². The molecule has 0 fully saturated rings. The summed E-state index contributed by atoms with van der Waals surface area (Å²) < 4.78 is 29.0. The first kappa shape index (κ1) is 21.0. The zero-order chi connectivity index (χ0) is 22.5. The number of benzene rings is 3.